The van der Waals surface area contributed by atoms with Crippen LogP contribution < -0.4 is 0 Å². The van der Waals surface area contributed by atoms with Crippen LogP contribution in [0.2, 0.25) is 0 Å². The van der Waals surface area contributed by atoms with Crippen molar-refractivity contribution < 1.29 is 14.8 Å². The molecule has 0 unspecified atom stereocenters. The predicted octanol–water partition coefficient (Wildman–Crippen LogP) is 3.97. The first kappa shape index (κ1) is 16.2. The van der Waals surface area contributed by atoms with Gasteiger partial charge in [0.1, 0.15) is 0 Å². The van der Waals surface area contributed by atoms with Crippen molar-refractivity contribution >= 4 is 29.0 Å². The lowest BCUT2D eigenvalue weighted by molar-refractivity contribution is -0.387. The highest BCUT2D eigenvalue weighted by Crippen LogP contribution is 2.38. The Bertz CT molecular complexity index is 573. The Morgan fingerprint density at radius 3 is 2.45 bits per heavy atom. The maximum Gasteiger partial charge on any atom is 0.328 e. The Morgan fingerprint density at radius 1 is 1.40 bits per heavy atom. The monoisotopic (exact) mass is 295 g/mol. The van der Waals surface area contributed by atoms with E-state index in [0.717, 1.165) is 6.08 Å². The third-order valence-electron chi connectivity index (χ3n) is 2.37. The van der Waals surface area contributed by atoms with Gasteiger partial charge in [-0.25, -0.2) is 4.79 Å². The van der Waals surface area contributed by atoms with Gasteiger partial charge in [-0.1, -0.05) is 26.8 Å². The van der Waals surface area contributed by atoms with Crippen LogP contribution in [0.15, 0.2) is 29.2 Å². The number of carboxylic acid groups (broad SMARTS) is 1. The molecule has 0 amide bonds. The first-order valence-electron chi connectivity index (χ1n) is 5.99. The molecule has 0 fully saturated rings. The number of benzene rings is 1. The van der Waals surface area contributed by atoms with Gasteiger partial charge < -0.3 is 5.11 Å². The maximum atomic E-state index is 11.2. The van der Waals surface area contributed by atoms with Crippen LogP contribution >= 0.6 is 11.8 Å². The van der Waals surface area contributed by atoms with E-state index in [1.54, 1.807) is 19.1 Å². The molecule has 0 spiro atoms. The van der Waals surface area contributed by atoms with Crippen molar-refractivity contribution in [1.82, 2.24) is 0 Å². The smallest absolute Gasteiger partial charge is 0.328 e. The van der Waals surface area contributed by atoms with Crippen LogP contribution in [0, 0.1) is 10.1 Å². The van der Waals surface area contributed by atoms with Gasteiger partial charge in [-0.15, -0.1) is 11.8 Å². The molecule has 0 saturated carbocycles. The minimum atomic E-state index is -1.07. The highest BCUT2D eigenvalue weighted by atomic mass is 32.2. The number of hydrogen-bond acceptors (Lipinski definition) is 4. The number of aliphatic carboxylic acids is 1. The summed E-state index contributed by atoms with van der Waals surface area (Å²) >= 11 is 1.41. The SMILES string of the molecule is C/C(=C/C(=O)O)c1ccc(SC(C)(C)C)c([N+](=O)[O-])c1. The van der Waals surface area contributed by atoms with Crippen molar-refractivity contribution in [1.29, 1.82) is 0 Å². The lowest BCUT2D eigenvalue weighted by Crippen LogP contribution is -2.07. The Balaban J connectivity index is 3.27. The lowest BCUT2D eigenvalue weighted by Gasteiger charge is -2.17. The number of carbonyl (C=O) groups is 1. The Kier molecular flexibility index (Phi) is 4.94. The van der Waals surface area contributed by atoms with Crippen molar-refractivity contribution in [2.24, 2.45) is 0 Å². The van der Waals surface area contributed by atoms with E-state index in [-0.39, 0.29) is 10.4 Å². The van der Waals surface area contributed by atoms with Crippen molar-refractivity contribution in [2.45, 2.75) is 37.3 Å². The molecule has 0 aliphatic carbocycles. The third kappa shape index (κ3) is 4.70. The van der Waals surface area contributed by atoms with E-state index < -0.39 is 10.9 Å². The molecule has 1 N–H and O–H groups in total. The van der Waals surface area contributed by atoms with Crippen LogP contribution in [-0.2, 0) is 4.79 Å². The Morgan fingerprint density at radius 2 is 2.00 bits per heavy atom. The summed E-state index contributed by atoms with van der Waals surface area (Å²) in [4.78, 5) is 21.9. The van der Waals surface area contributed by atoms with Gasteiger partial charge in [-0.05, 0) is 24.1 Å². The molecule has 1 aromatic rings. The molecule has 0 heterocycles. The number of nitrogens with zero attached hydrogens (tertiary/aromatic N) is 1. The number of rotatable bonds is 4. The van der Waals surface area contributed by atoms with Crippen LogP contribution in [0.1, 0.15) is 33.3 Å². The highest BCUT2D eigenvalue weighted by Gasteiger charge is 2.21. The zero-order chi connectivity index (χ0) is 15.5. The van der Waals surface area contributed by atoms with Crippen molar-refractivity contribution in [3.63, 3.8) is 0 Å². The van der Waals surface area contributed by atoms with E-state index in [4.69, 9.17) is 5.11 Å². The molecule has 5 nitrogen and oxygen atoms in total. The molecule has 1 rings (SSSR count). The summed E-state index contributed by atoms with van der Waals surface area (Å²) in [6, 6.07) is 4.79. The van der Waals surface area contributed by atoms with E-state index in [2.05, 4.69) is 0 Å². The highest BCUT2D eigenvalue weighted by molar-refractivity contribution is 8.00. The third-order valence-corrected chi connectivity index (χ3v) is 3.54. The van der Waals surface area contributed by atoms with Gasteiger partial charge in [0.15, 0.2) is 0 Å². The first-order chi connectivity index (χ1) is 9.10. The topological polar surface area (TPSA) is 80.4 Å². The molecule has 1 aromatic carbocycles. The van der Waals surface area contributed by atoms with Crippen molar-refractivity contribution in [2.75, 3.05) is 0 Å². The summed E-state index contributed by atoms with van der Waals surface area (Å²) in [6.45, 7) is 7.55. The molecule has 0 aliphatic heterocycles. The van der Waals surface area contributed by atoms with Gasteiger partial charge in [0, 0.05) is 16.9 Å². The number of nitro groups is 1. The van der Waals surface area contributed by atoms with Gasteiger partial charge >= 0.3 is 5.97 Å². The standard InChI is InChI=1S/C14H17NO4S/c1-9(7-13(16)17)10-5-6-12(20-14(2,3)4)11(8-10)15(18)19/h5-8H,1-4H3,(H,16,17)/b9-7-. The van der Waals surface area contributed by atoms with Crippen LogP contribution in [0.25, 0.3) is 5.57 Å². The van der Waals surface area contributed by atoms with Crippen LogP contribution in [0.5, 0.6) is 0 Å². The van der Waals surface area contributed by atoms with Gasteiger partial charge in [0.05, 0.1) is 9.82 Å². The average Bonchev–Trinajstić information content (AvgIpc) is 2.25. The second-order valence-electron chi connectivity index (χ2n) is 5.32. The molecule has 108 valence electrons. The van der Waals surface area contributed by atoms with Crippen molar-refractivity contribution in [3.8, 4) is 0 Å². The normalized spacial score (nSPS) is 12.3. The number of allylic oxidation sites excluding steroid dienone is 1. The fourth-order valence-electron chi connectivity index (χ4n) is 1.59. The summed E-state index contributed by atoms with van der Waals surface area (Å²) in [5.41, 5.74) is 1.02. The number of carboxylic acids is 1. The second kappa shape index (κ2) is 6.09. The summed E-state index contributed by atoms with van der Waals surface area (Å²) in [6.07, 6.45) is 1.04. The quantitative estimate of drug-likeness (QED) is 0.393. The fourth-order valence-corrected chi connectivity index (χ4v) is 2.62. The lowest BCUT2D eigenvalue weighted by atomic mass is 10.1. The fraction of sp³-hybridized carbons (Fsp3) is 0.357. The molecular formula is C14H17NO4S. The average molecular weight is 295 g/mol. The molecule has 0 aromatic heterocycles. The van der Waals surface area contributed by atoms with E-state index in [1.165, 1.54) is 17.8 Å². The molecule has 0 aliphatic rings. The summed E-state index contributed by atoms with van der Waals surface area (Å²) in [5.74, 6) is -1.07. The largest absolute Gasteiger partial charge is 0.478 e. The summed E-state index contributed by atoms with van der Waals surface area (Å²) in [7, 11) is 0. The predicted molar refractivity (Wildman–Crippen MR) is 80.0 cm³/mol. The van der Waals surface area contributed by atoms with Gasteiger partial charge in [-0.3, -0.25) is 10.1 Å². The Labute approximate surface area is 121 Å². The van der Waals surface area contributed by atoms with E-state index in [9.17, 15) is 14.9 Å². The van der Waals surface area contributed by atoms with Gasteiger partial charge in [0.25, 0.3) is 5.69 Å². The molecule has 0 bridgehead atoms. The second-order valence-corrected chi connectivity index (χ2v) is 7.19. The maximum absolute atomic E-state index is 11.2. The van der Waals surface area contributed by atoms with Gasteiger partial charge in [0.2, 0.25) is 0 Å². The van der Waals surface area contributed by atoms with Crippen LogP contribution in [-0.4, -0.2) is 20.7 Å². The molecular weight excluding hydrogens is 278 g/mol. The minimum Gasteiger partial charge on any atom is -0.478 e. The first-order valence-corrected chi connectivity index (χ1v) is 6.81. The van der Waals surface area contributed by atoms with Crippen molar-refractivity contribution in [3.05, 3.63) is 40.0 Å². The summed E-state index contributed by atoms with van der Waals surface area (Å²) < 4.78 is -0.141. The van der Waals surface area contributed by atoms with E-state index in [1.807, 2.05) is 20.8 Å². The van der Waals surface area contributed by atoms with E-state index in [0.29, 0.717) is 16.0 Å². The zero-order valence-corrected chi connectivity index (χ0v) is 12.7. The van der Waals surface area contributed by atoms with Gasteiger partial charge in [-0.2, -0.15) is 0 Å². The van der Waals surface area contributed by atoms with Crippen LogP contribution in [0.4, 0.5) is 5.69 Å². The number of hydrogen-bond donors (Lipinski definition) is 1. The molecule has 20 heavy (non-hydrogen) atoms. The van der Waals surface area contributed by atoms with Crippen LogP contribution in [0.3, 0.4) is 0 Å². The molecule has 0 radical (unpaired) electrons. The number of nitro benzene ring substituents is 1. The minimum absolute atomic E-state index is 0.000522. The number of thioether (sulfide) groups is 1. The molecule has 0 saturated heterocycles. The summed E-state index contributed by atoms with van der Waals surface area (Å²) in [5, 5.41) is 19.9. The van der Waals surface area contributed by atoms with E-state index >= 15 is 0 Å². The Hall–Kier alpha value is -1.82. The zero-order valence-electron chi connectivity index (χ0n) is 11.8. The molecule has 0 atom stereocenters. The molecule has 6 heteroatoms.